The van der Waals surface area contributed by atoms with Crippen LogP contribution in [0.2, 0.25) is 0 Å². The van der Waals surface area contributed by atoms with Crippen molar-refractivity contribution in [1.82, 2.24) is 0 Å². The van der Waals surface area contributed by atoms with E-state index in [2.05, 4.69) is 13.8 Å². The molecule has 0 aliphatic carbocycles. The summed E-state index contributed by atoms with van der Waals surface area (Å²) in [4.78, 5) is 23.6. The minimum Gasteiger partial charge on any atom is -0.452 e. The van der Waals surface area contributed by atoms with E-state index < -0.39 is 12.0 Å². The second-order valence-electron chi connectivity index (χ2n) is 8.93. The van der Waals surface area contributed by atoms with Crippen molar-refractivity contribution < 1.29 is 14.3 Å². The number of unbranched alkanes of at least 4 members (excludes halogenated alkanes) is 17. The molecule has 4 nitrogen and oxygen atoms in total. The normalized spacial score (nSPS) is 12.1. The monoisotopic (exact) mass is 425 g/mol. The molecular formula is C26H51NO3. The lowest BCUT2D eigenvalue weighted by Crippen LogP contribution is -2.33. The van der Waals surface area contributed by atoms with Gasteiger partial charge in [-0.1, -0.05) is 123 Å². The van der Waals surface area contributed by atoms with Gasteiger partial charge < -0.3 is 10.5 Å². The maximum Gasteiger partial charge on any atom is 0.306 e. The van der Waals surface area contributed by atoms with E-state index in [0.29, 0.717) is 12.8 Å². The van der Waals surface area contributed by atoms with Crippen LogP contribution in [0.4, 0.5) is 0 Å². The Morgan fingerprint density at radius 2 is 0.967 bits per heavy atom. The Morgan fingerprint density at radius 1 is 0.600 bits per heavy atom. The molecule has 0 aliphatic rings. The van der Waals surface area contributed by atoms with Gasteiger partial charge in [0.25, 0.3) is 5.91 Å². The maximum atomic E-state index is 12.0. The molecule has 4 heteroatoms. The van der Waals surface area contributed by atoms with Crippen molar-refractivity contribution in [2.24, 2.45) is 5.73 Å². The summed E-state index contributed by atoms with van der Waals surface area (Å²) in [7, 11) is 0. The number of rotatable bonds is 23. The average molecular weight is 426 g/mol. The van der Waals surface area contributed by atoms with Gasteiger partial charge in [0.2, 0.25) is 0 Å². The highest BCUT2D eigenvalue weighted by molar-refractivity contribution is 5.82. The van der Waals surface area contributed by atoms with Crippen LogP contribution in [-0.4, -0.2) is 18.0 Å². The fraction of sp³-hybridized carbons (Fsp3) is 0.923. The predicted octanol–water partition coefficient (Wildman–Crippen LogP) is 7.62. The summed E-state index contributed by atoms with van der Waals surface area (Å²) in [6.07, 6.45) is 23.6. The van der Waals surface area contributed by atoms with E-state index in [1.54, 1.807) is 0 Å². The molecular weight excluding hydrogens is 374 g/mol. The van der Waals surface area contributed by atoms with Crippen molar-refractivity contribution in [3.05, 3.63) is 0 Å². The van der Waals surface area contributed by atoms with Crippen molar-refractivity contribution in [3.63, 3.8) is 0 Å². The molecule has 0 aliphatic heterocycles. The third kappa shape index (κ3) is 20.2. The van der Waals surface area contributed by atoms with Gasteiger partial charge in [0.1, 0.15) is 0 Å². The average Bonchev–Trinajstić information content (AvgIpc) is 2.72. The summed E-state index contributed by atoms with van der Waals surface area (Å²) >= 11 is 0. The van der Waals surface area contributed by atoms with Crippen molar-refractivity contribution >= 4 is 11.9 Å². The molecule has 0 unspecified atom stereocenters. The van der Waals surface area contributed by atoms with E-state index in [9.17, 15) is 9.59 Å². The van der Waals surface area contributed by atoms with Gasteiger partial charge in [-0.05, 0) is 19.3 Å². The smallest absolute Gasteiger partial charge is 0.306 e. The van der Waals surface area contributed by atoms with Crippen molar-refractivity contribution in [2.45, 2.75) is 155 Å². The Hall–Kier alpha value is -1.06. The summed E-state index contributed by atoms with van der Waals surface area (Å²) < 4.78 is 5.35. The number of ether oxygens (including phenoxy) is 1. The largest absolute Gasteiger partial charge is 0.452 e. The van der Waals surface area contributed by atoms with Gasteiger partial charge in [-0.15, -0.1) is 0 Å². The van der Waals surface area contributed by atoms with Crippen LogP contribution in [0.5, 0.6) is 0 Å². The predicted molar refractivity (Wildman–Crippen MR) is 127 cm³/mol. The molecule has 1 atom stereocenters. The molecule has 0 saturated carbocycles. The third-order valence-corrected chi connectivity index (χ3v) is 5.90. The molecule has 0 bridgehead atoms. The topological polar surface area (TPSA) is 69.4 Å². The van der Waals surface area contributed by atoms with E-state index in [1.807, 2.05) is 0 Å². The molecule has 0 heterocycles. The summed E-state index contributed by atoms with van der Waals surface area (Å²) in [5.74, 6) is -0.778. The standard InChI is InChI=1S/C26H51NO3/c1-3-5-7-9-11-13-15-16-18-20-22-24(26(27)29)30-25(28)23-21-19-17-14-12-10-8-6-4-2/h24H,3-23H2,1-2H3,(H2,27,29)/t24-/m1/s1. The quantitative estimate of drug-likeness (QED) is 0.135. The van der Waals surface area contributed by atoms with Crippen molar-refractivity contribution in [2.75, 3.05) is 0 Å². The van der Waals surface area contributed by atoms with E-state index in [1.165, 1.54) is 96.3 Å². The zero-order valence-electron chi connectivity index (χ0n) is 20.2. The lowest BCUT2D eigenvalue weighted by atomic mass is 10.0. The highest BCUT2D eigenvalue weighted by atomic mass is 16.5. The number of hydrogen-bond donors (Lipinski definition) is 1. The van der Waals surface area contributed by atoms with Gasteiger partial charge in [-0.25, -0.2) is 0 Å². The second-order valence-corrected chi connectivity index (χ2v) is 8.93. The Labute approximate surface area is 187 Å². The number of carbonyl (C=O) groups is 2. The van der Waals surface area contributed by atoms with Gasteiger partial charge in [-0.3, -0.25) is 9.59 Å². The zero-order chi connectivity index (χ0) is 22.3. The van der Waals surface area contributed by atoms with Gasteiger partial charge in [0.15, 0.2) is 6.10 Å². The first-order valence-corrected chi connectivity index (χ1v) is 13.1. The van der Waals surface area contributed by atoms with Gasteiger partial charge in [0.05, 0.1) is 0 Å². The molecule has 0 spiro atoms. The molecule has 178 valence electrons. The lowest BCUT2D eigenvalue weighted by Gasteiger charge is -2.14. The van der Waals surface area contributed by atoms with Crippen LogP contribution in [0.1, 0.15) is 149 Å². The second kappa shape index (κ2) is 22.6. The molecule has 0 fully saturated rings. The number of primary amides is 1. The van der Waals surface area contributed by atoms with Crippen LogP contribution >= 0.6 is 0 Å². The third-order valence-electron chi connectivity index (χ3n) is 5.90. The summed E-state index contributed by atoms with van der Waals surface area (Å²) in [6.45, 7) is 4.48. The van der Waals surface area contributed by atoms with Gasteiger partial charge in [0, 0.05) is 6.42 Å². The molecule has 0 radical (unpaired) electrons. The first kappa shape index (κ1) is 28.9. The molecule has 0 aromatic heterocycles. The first-order valence-electron chi connectivity index (χ1n) is 13.1. The first-order chi connectivity index (χ1) is 14.6. The number of hydrogen-bond acceptors (Lipinski definition) is 3. The zero-order valence-corrected chi connectivity index (χ0v) is 20.2. The molecule has 0 aromatic rings. The number of carbonyl (C=O) groups excluding carboxylic acids is 2. The Kier molecular flexibility index (Phi) is 21.8. The summed E-state index contributed by atoms with van der Waals surface area (Å²) in [6, 6.07) is 0. The van der Waals surface area contributed by atoms with Crippen LogP contribution in [0.15, 0.2) is 0 Å². The number of nitrogens with two attached hydrogens (primary N) is 1. The molecule has 30 heavy (non-hydrogen) atoms. The van der Waals surface area contributed by atoms with E-state index in [0.717, 1.165) is 25.7 Å². The molecule has 0 aromatic carbocycles. The lowest BCUT2D eigenvalue weighted by molar-refractivity contribution is -0.155. The van der Waals surface area contributed by atoms with E-state index >= 15 is 0 Å². The Bertz CT molecular complexity index is 398. The summed E-state index contributed by atoms with van der Waals surface area (Å²) in [5.41, 5.74) is 5.43. The van der Waals surface area contributed by atoms with E-state index in [4.69, 9.17) is 10.5 Å². The highest BCUT2D eigenvalue weighted by Gasteiger charge is 2.19. The molecule has 0 saturated heterocycles. The van der Waals surface area contributed by atoms with Gasteiger partial charge in [-0.2, -0.15) is 0 Å². The highest BCUT2D eigenvalue weighted by Crippen LogP contribution is 2.14. The maximum absolute atomic E-state index is 12.0. The van der Waals surface area contributed by atoms with E-state index in [-0.39, 0.29) is 5.97 Å². The Balaban J connectivity index is 3.64. The Morgan fingerprint density at radius 3 is 1.37 bits per heavy atom. The molecule has 2 N–H and O–H groups in total. The molecule has 0 rings (SSSR count). The minimum absolute atomic E-state index is 0.270. The van der Waals surface area contributed by atoms with Crippen LogP contribution in [0.25, 0.3) is 0 Å². The van der Waals surface area contributed by atoms with Gasteiger partial charge >= 0.3 is 5.97 Å². The fourth-order valence-electron chi connectivity index (χ4n) is 3.87. The van der Waals surface area contributed by atoms with Crippen LogP contribution in [0.3, 0.4) is 0 Å². The fourth-order valence-corrected chi connectivity index (χ4v) is 3.87. The van der Waals surface area contributed by atoms with Crippen molar-refractivity contribution in [1.29, 1.82) is 0 Å². The SMILES string of the molecule is CCCCCCCCCCCC[C@@H](OC(=O)CCCCCCCCCCC)C(N)=O. The summed E-state index contributed by atoms with van der Waals surface area (Å²) in [5, 5.41) is 0. The number of amides is 1. The number of esters is 1. The minimum atomic E-state index is -0.745. The van der Waals surface area contributed by atoms with Crippen molar-refractivity contribution in [3.8, 4) is 0 Å². The molecule has 1 amide bonds. The van der Waals surface area contributed by atoms with Crippen LogP contribution in [0, 0.1) is 0 Å². The van der Waals surface area contributed by atoms with Crippen LogP contribution in [-0.2, 0) is 14.3 Å². The van der Waals surface area contributed by atoms with Crippen LogP contribution < -0.4 is 5.73 Å².